The number of hydrogen-bond acceptors (Lipinski definition) is 5. The van der Waals surface area contributed by atoms with Crippen molar-refractivity contribution >= 4 is 23.9 Å². The average Bonchev–Trinajstić information content (AvgIpc) is 2.42. The van der Waals surface area contributed by atoms with Crippen LogP contribution < -0.4 is 10.8 Å². The van der Waals surface area contributed by atoms with Crippen molar-refractivity contribution in [2.24, 2.45) is 0 Å². The third kappa shape index (κ3) is 3.52. The van der Waals surface area contributed by atoms with Crippen molar-refractivity contribution in [3.05, 3.63) is 40.3 Å². The number of aromatic amines is 1. The molecule has 0 saturated heterocycles. The molecule has 0 bridgehead atoms. The van der Waals surface area contributed by atoms with Gasteiger partial charge in [0.1, 0.15) is 0 Å². The number of rotatable bonds is 6. The van der Waals surface area contributed by atoms with E-state index in [4.69, 9.17) is 5.02 Å². The first-order valence-corrected chi connectivity index (χ1v) is 6.51. The maximum absolute atomic E-state index is 12.0. The molecule has 1 heterocycles. The largest absolute Gasteiger partial charge is 0.437 e. The number of benzene rings is 1. The fraction of sp³-hybridized carbons (Fsp3) is 0.308. The summed E-state index contributed by atoms with van der Waals surface area (Å²) in [6.07, 6.45) is 0.756. The van der Waals surface area contributed by atoms with Crippen molar-refractivity contribution in [3.8, 4) is 0 Å². The molecule has 1 aromatic heterocycles. The number of nitrogens with one attached hydrogen (secondary N) is 2. The first-order chi connectivity index (χ1) is 9.58. The second kappa shape index (κ2) is 6.45. The number of fused-ring (bicyclic) bond motifs is 1. The quantitative estimate of drug-likeness (QED) is 0.406. The predicted octanol–water partition coefficient (Wildman–Crippen LogP) is 0.586. The maximum atomic E-state index is 12.0. The van der Waals surface area contributed by atoms with Gasteiger partial charge in [0.25, 0.3) is 5.56 Å². The zero-order valence-electron chi connectivity index (χ0n) is 11.2. The van der Waals surface area contributed by atoms with E-state index in [0.29, 0.717) is 24.0 Å². The van der Waals surface area contributed by atoms with Crippen LogP contribution in [0.5, 0.6) is 0 Å². The van der Waals surface area contributed by atoms with Crippen LogP contribution in [0.1, 0.15) is 23.3 Å². The first-order valence-electron chi connectivity index (χ1n) is 6.51. The van der Waals surface area contributed by atoms with Gasteiger partial charge in [-0.3, -0.25) is 9.59 Å². The molecule has 0 aliphatic rings. The van der Waals surface area contributed by atoms with Crippen LogP contribution in [0.3, 0.4) is 0 Å². The van der Waals surface area contributed by atoms with Gasteiger partial charge in [-0.25, -0.2) is 4.98 Å². The van der Waals surface area contributed by atoms with Crippen LogP contribution in [0, 0.1) is 0 Å². The number of hydrogen-bond donors (Lipinski definition) is 3. The zero-order valence-corrected chi connectivity index (χ0v) is 11.2. The topological polar surface area (TPSA) is 95.1 Å². The van der Waals surface area contributed by atoms with Gasteiger partial charge in [0.15, 0.2) is 11.5 Å². The first kappa shape index (κ1) is 14.4. The molecule has 0 amide bonds. The van der Waals surface area contributed by atoms with Gasteiger partial charge in [-0.1, -0.05) is 12.1 Å². The Morgan fingerprint density at radius 2 is 2.20 bits per heavy atom. The van der Waals surface area contributed by atoms with Crippen LogP contribution in [0.15, 0.2) is 29.1 Å². The molecule has 0 aliphatic heterocycles. The van der Waals surface area contributed by atoms with Crippen molar-refractivity contribution in [2.75, 3.05) is 6.54 Å². The van der Waals surface area contributed by atoms with Crippen molar-refractivity contribution < 1.29 is 9.82 Å². The SMILES string of the molecule is CB(O)NCCCC(=O)c1nc2ccccc2[nH]c1=O. The number of carbonyl (C=O) groups excluding carboxylic acids is 1. The number of carbonyl (C=O) groups is 1. The number of aromatic nitrogens is 2. The minimum atomic E-state index is -0.604. The molecule has 0 aliphatic carbocycles. The van der Waals surface area contributed by atoms with Gasteiger partial charge in [0.2, 0.25) is 0 Å². The number of Topliss-reactive ketones (excluding diaryl/α,β-unsaturated/α-hetero) is 1. The molecule has 20 heavy (non-hydrogen) atoms. The standard InChI is InChI=1S/C13H16BN3O3/c1-14(20)15-8-4-7-11(18)12-13(19)17-10-6-3-2-5-9(10)16-12/h2-3,5-6,15,20H,4,7-8H2,1H3,(H,17,19). The number of ketones is 1. The highest BCUT2D eigenvalue weighted by Gasteiger charge is 2.13. The van der Waals surface area contributed by atoms with Gasteiger partial charge in [-0.15, -0.1) is 0 Å². The van der Waals surface area contributed by atoms with E-state index in [9.17, 15) is 9.59 Å². The Balaban J connectivity index is 2.10. The fourth-order valence-electron chi connectivity index (χ4n) is 1.90. The number of para-hydroxylation sites is 2. The second-order valence-corrected chi connectivity index (χ2v) is 4.59. The molecule has 0 radical (unpaired) electrons. The summed E-state index contributed by atoms with van der Waals surface area (Å²) in [4.78, 5) is 30.6. The van der Waals surface area contributed by atoms with Crippen LogP contribution in [-0.2, 0) is 0 Å². The second-order valence-electron chi connectivity index (χ2n) is 4.59. The van der Waals surface area contributed by atoms with Gasteiger partial charge in [-0.2, -0.15) is 0 Å². The zero-order chi connectivity index (χ0) is 14.5. The molecule has 0 fully saturated rings. The third-order valence-electron chi connectivity index (χ3n) is 2.88. The van der Waals surface area contributed by atoms with Crippen molar-refractivity contribution in [2.45, 2.75) is 19.7 Å². The molecule has 7 heteroatoms. The lowest BCUT2D eigenvalue weighted by molar-refractivity contribution is 0.0974. The van der Waals surface area contributed by atoms with Crippen molar-refractivity contribution in [1.29, 1.82) is 0 Å². The highest BCUT2D eigenvalue weighted by molar-refractivity contribution is 6.45. The summed E-state index contributed by atoms with van der Waals surface area (Å²) in [5.74, 6) is -0.288. The minimum Gasteiger partial charge on any atom is -0.437 e. The van der Waals surface area contributed by atoms with Gasteiger partial charge in [0.05, 0.1) is 11.0 Å². The summed E-state index contributed by atoms with van der Waals surface area (Å²) in [7, 11) is -0.604. The van der Waals surface area contributed by atoms with E-state index in [1.165, 1.54) is 0 Å². The van der Waals surface area contributed by atoms with E-state index in [1.54, 1.807) is 31.1 Å². The molecule has 1 aromatic carbocycles. The Labute approximate surface area is 116 Å². The molecule has 0 atom stereocenters. The summed E-state index contributed by atoms with van der Waals surface area (Å²) < 4.78 is 0. The summed E-state index contributed by atoms with van der Waals surface area (Å²) in [5.41, 5.74) is 0.695. The number of H-pyrrole nitrogens is 1. The smallest absolute Gasteiger partial charge is 0.373 e. The Kier molecular flexibility index (Phi) is 4.65. The number of nitrogens with zero attached hydrogens (tertiary/aromatic N) is 1. The van der Waals surface area contributed by atoms with Gasteiger partial charge in [-0.05, 0) is 31.9 Å². The van der Waals surface area contributed by atoms with Crippen molar-refractivity contribution in [3.63, 3.8) is 0 Å². The minimum absolute atomic E-state index is 0.0549. The Morgan fingerprint density at radius 1 is 1.45 bits per heavy atom. The highest BCUT2D eigenvalue weighted by atomic mass is 16.2. The van der Waals surface area contributed by atoms with E-state index in [2.05, 4.69) is 15.2 Å². The molecule has 6 nitrogen and oxygen atoms in total. The van der Waals surface area contributed by atoms with E-state index >= 15 is 0 Å². The Bertz CT molecular complexity index is 669. The van der Waals surface area contributed by atoms with Crippen LogP contribution in [0.25, 0.3) is 11.0 Å². The van der Waals surface area contributed by atoms with Crippen LogP contribution in [-0.4, -0.2) is 34.4 Å². The lowest BCUT2D eigenvalue weighted by atomic mass is 9.89. The average molecular weight is 273 g/mol. The van der Waals surface area contributed by atoms with E-state index in [-0.39, 0.29) is 17.9 Å². The van der Waals surface area contributed by atoms with E-state index in [1.807, 2.05) is 0 Å². The molecule has 0 spiro atoms. The van der Waals surface area contributed by atoms with Gasteiger partial charge >= 0.3 is 7.05 Å². The lowest BCUT2D eigenvalue weighted by Crippen LogP contribution is -2.31. The highest BCUT2D eigenvalue weighted by Crippen LogP contribution is 2.07. The van der Waals surface area contributed by atoms with Crippen LogP contribution in [0.2, 0.25) is 6.82 Å². The molecular weight excluding hydrogens is 257 g/mol. The molecule has 0 saturated carbocycles. The summed E-state index contributed by atoms with van der Waals surface area (Å²) in [5, 5.41) is 11.8. The third-order valence-corrected chi connectivity index (χ3v) is 2.88. The molecule has 2 rings (SSSR count). The monoisotopic (exact) mass is 273 g/mol. The molecule has 0 unspecified atom stereocenters. The predicted molar refractivity (Wildman–Crippen MR) is 77.8 cm³/mol. The molecule has 3 N–H and O–H groups in total. The normalized spacial score (nSPS) is 10.7. The maximum Gasteiger partial charge on any atom is 0.373 e. The summed E-state index contributed by atoms with van der Waals surface area (Å²) in [6, 6.07) is 7.08. The fourth-order valence-corrected chi connectivity index (χ4v) is 1.90. The van der Waals surface area contributed by atoms with E-state index in [0.717, 1.165) is 0 Å². The van der Waals surface area contributed by atoms with Crippen molar-refractivity contribution in [1.82, 2.24) is 15.2 Å². The van der Waals surface area contributed by atoms with Gasteiger partial charge < -0.3 is 15.2 Å². The Morgan fingerprint density at radius 3 is 2.95 bits per heavy atom. The lowest BCUT2D eigenvalue weighted by Gasteiger charge is -2.04. The van der Waals surface area contributed by atoms with E-state index < -0.39 is 12.6 Å². The summed E-state index contributed by atoms with van der Waals surface area (Å²) >= 11 is 0. The molecular formula is C13H16BN3O3. The Hall–Kier alpha value is -1.99. The molecule has 104 valence electrons. The molecule has 2 aromatic rings. The van der Waals surface area contributed by atoms with Crippen LogP contribution in [0.4, 0.5) is 0 Å². The summed E-state index contributed by atoms with van der Waals surface area (Å²) in [6.45, 7) is 2.12. The van der Waals surface area contributed by atoms with Crippen LogP contribution >= 0.6 is 0 Å². The van der Waals surface area contributed by atoms with Gasteiger partial charge in [0, 0.05) is 6.42 Å².